The van der Waals surface area contributed by atoms with Gasteiger partial charge in [-0.1, -0.05) is 33.1 Å². The Labute approximate surface area is 106 Å². The van der Waals surface area contributed by atoms with Crippen molar-refractivity contribution < 1.29 is 9.84 Å². The molecule has 0 saturated heterocycles. The van der Waals surface area contributed by atoms with Crippen LogP contribution in [-0.4, -0.2) is 37.0 Å². The van der Waals surface area contributed by atoms with Gasteiger partial charge in [-0.25, -0.2) is 0 Å². The first-order chi connectivity index (χ1) is 8.29. The molecule has 0 aliphatic heterocycles. The maximum atomic E-state index is 9.62. The summed E-state index contributed by atoms with van der Waals surface area (Å²) in [6.07, 6.45) is 7.42. The van der Waals surface area contributed by atoms with E-state index in [1.165, 1.54) is 32.1 Å². The molecule has 0 aromatic carbocycles. The molecular weight excluding hydrogens is 214 g/mol. The van der Waals surface area contributed by atoms with Gasteiger partial charge < -0.3 is 15.2 Å². The number of hydrogen-bond donors (Lipinski definition) is 2. The average Bonchev–Trinajstić information content (AvgIpc) is 3.16. The quantitative estimate of drug-likeness (QED) is 0.547. The van der Waals surface area contributed by atoms with Crippen LogP contribution >= 0.6 is 0 Å². The molecule has 0 bridgehead atoms. The molecule has 1 atom stereocenters. The SMILES string of the molecule is CCCCCCOCC(CO)(NCC)C1CC1. The van der Waals surface area contributed by atoms with Crippen LogP contribution in [0.15, 0.2) is 0 Å². The van der Waals surface area contributed by atoms with Gasteiger partial charge in [0, 0.05) is 6.61 Å². The van der Waals surface area contributed by atoms with Gasteiger partial charge in [-0.05, 0) is 31.7 Å². The molecule has 0 heterocycles. The van der Waals surface area contributed by atoms with Gasteiger partial charge in [0.1, 0.15) is 0 Å². The summed E-state index contributed by atoms with van der Waals surface area (Å²) in [6.45, 7) is 6.90. The highest BCUT2D eigenvalue weighted by atomic mass is 16.5. The molecule has 1 aliphatic rings. The van der Waals surface area contributed by atoms with E-state index in [9.17, 15) is 5.11 Å². The van der Waals surface area contributed by atoms with Crippen molar-refractivity contribution in [3.63, 3.8) is 0 Å². The lowest BCUT2D eigenvalue weighted by Gasteiger charge is -2.32. The van der Waals surface area contributed by atoms with Crippen LogP contribution in [0.25, 0.3) is 0 Å². The van der Waals surface area contributed by atoms with Crippen LogP contribution in [0.2, 0.25) is 0 Å². The predicted octanol–water partition coefficient (Wildman–Crippen LogP) is 2.33. The van der Waals surface area contributed by atoms with Crippen molar-refractivity contribution >= 4 is 0 Å². The Morgan fingerprint density at radius 1 is 1.24 bits per heavy atom. The van der Waals surface area contributed by atoms with Crippen LogP contribution in [0.5, 0.6) is 0 Å². The molecule has 0 aromatic heterocycles. The number of aliphatic hydroxyl groups excluding tert-OH is 1. The van der Waals surface area contributed by atoms with Gasteiger partial charge in [0.15, 0.2) is 0 Å². The van der Waals surface area contributed by atoms with Crippen LogP contribution in [0.4, 0.5) is 0 Å². The first-order valence-electron chi connectivity index (χ1n) is 7.22. The third kappa shape index (κ3) is 4.94. The van der Waals surface area contributed by atoms with E-state index in [2.05, 4.69) is 19.2 Å². The van der Waals surface area contributed by atoms with Gasteiger partial charge in [-0.3, -0.25) is 0 Å². The van der Waals surface area contributed by atoms with E-state index in [0.717, 1.165) is 19.6 Å². The fourth-order valence-electron chi connectivity index (χ4n) is 2.42. The molecule has 0 spiro atoms. The van der Waals surface area contributed by atoms with Crippen molar-refractivity contribution in [3.8, 4) is 0 Å². The molecule has 0 radical (unpaired) electrons. The normalized spacial score (nSPS) is 19.2. The lowest BCUT2D eigenvalue weighted by molar-refractivity contribution is 0.0232. The van der Waals surface area contributed by atoms with Gasteiger partial charge in [-0.15, -0.1) is 0 Å². The highest BCUT2D eigenvalue weighted by molar-refractivity contribution is 5.00. The molecule has 3 nitrogen and oxygen atoms in total. The zero-order valence-corrected chi connectivity index (χ0v) is 11.5. The van der Waals surface area contributed by atoms with Gasteiger partial charge in [0.05, 0.1) is 18.8 Å². The second-order valence-corrected chi connectivity index (χ2v) is 5.23. The van der Waals surface area contributed by atoms with Crippen molar-refractivity contribution in [2.24, 2.45) is 5.92 Å². The highest BCUT2D eigenvalue weighted by Gasteiger charge is 2.44. The largest absolute Gasteiger partial charge is 0.394 e. The van der Waals surface area contributed by atoms with Crippen molar-refractivity contribution in [2.75, 3.05) is 26.4 Å². The number of ether oxygens (including phenoxy) is 1. The summed E-state index contributed by atoms with van der Waals surface area (Å²) in [4.78, 5) is 0. The van der Waals surface area contributed by atoms with Crippen molar-refractivity contribution in [3.05, 3.63) is 0 Å². The predicted molar refractivity (Wildman–Crippen MR) is 71.2 cm³/mol. The van der Waals surface area contributed by atoms with Gasteiger partial charge in [0.25, 0.3) is 0 Å². The van der Waals surface area contributed by atoms with E-state index >= 15 is 0 Å². The van der Waals surface area contributed by atoms with Crippen LogP contribution in [0.3, 0.4) is 0 Å². The smallest absolute Gasteiger partial charge is 0.0679 e. The molecule has 2 N–H and O–H groups in total. The molecule has 1 rings (SSSR count). The number of likely N-dealkylation sites (N-methyl/N-ethyl adjacent to an activating group) is 1. The van der Waals surface area contributed by atoms with E-state index in [-0.39, 0.29) is 12.1 Å². The number of rotatable bonds is 11. The molecule has 3 heteroatoms. The van der Waals surface area contributed by atoms with Crippen LogP contribution in [0, 0.1) is 5.92 Å². The summed E-state index contributed by atoms with van der Waals surface area (Å²) >= 11 is 0. The van der Waals surface area contributed by atoms with Crippen LogP contribution < -0.4 is 5.32 Å². The number of hydrogen-bond acceptors (Lipinski definition) is 3. The third-order valence-corrected chi connectivity index (χ3v) is 3.67. The fourth-order valence-corrected chi connectivity index (χ4v) is 2.42. The lowest BCUT2D eigenvalue weighted by Crippen LogP contribution is -2.54. The molecule has 1 aliphatic carbocycles. The zero-order chi connectivity index (χ0) is 12.6. The van der Waals surface area contributed by atoms with Crippen LogP contribution in [-0.2, 0) is 4.74 Å². The Morgan fingerprint density at radius 3 is 2.53 bits per heavy atom. The number of unbranched alkanes of at least 4 members (excludes halogenated alkanes) is 3. The zero-order valence-electron chi connectivity index (χ0n) is 11.5. The lowest BCUT2D eigenvalue weighted by atomic mass is 9.95. The molecular formula is C14H29NO2. The van der Waals surface area contributed by atoms with Crippen molar-refractivity contribution in [1.82, 2.24) is 5.32 Å². The molecule has 1 unspecified atom stereocenters. The Balaban J connectivity index is 2.19. The summed E-state index contributed by atoms with van der Waals surface area (Å²) < 4.78 is 5.77. The number of nitrogens with one attached hydrogen (secondary N) is 1. The maximum absolute atomic E-state index is 9.62. The Morgan fingerprint density at radius 2 is 2.00 bits per heavy atom. The summed E-state index contributed by atoms with van der Waals surface area (Å²) in [6, 6.07) is 0. The minimum atomic E-state index is -0.167. The Kier molecular flexibility index (Phi) is 7.09. The minimum Gasteiger partial charge on any atom is -0.394 e. The van der Waals surface area contributed by atoms with E-state index in [1.54, 1.807) is 0 Å². The van der Waals surface area contributed by atoms with Gasteiger partial charge in [0.2, 0.25) is 0 Å². The topological polar surface area (TPSA) is 41.5 Å². The second-order valence-electron chi connectivity index (χ2n) is 5.23. The monoisotopic (exact) mass is 243 g/mol. The van der Waals surface area contributed by atoms with E-state index in [4.69, 9.17) is 4.74 Å². The molecule has 0 amide bonds. The number of aliphatic hydroxyl groups is 1. The summed E-state index contributed by atoms with van der Waals surface area (Å²) in [5.74, 6) is 0.614. The molecule has 1 fully saturated rings. The average molecular weight is 243 g/mol. The summed E-state index contributed by atoms with van der Waals surface area (Å²) in [5, 5.41) is 13.1. The first kappa shape index (κ1) is 14.9. The molecule has 17 heavy (non-hydrogen) atoms. The van der Waals surface area contributed by atoms with E-state index in [0.29, 0.717) is 12.5 Å². The Hall–Kier alpha value is -0.120. The third-order valence-electron chi connectivity index (χ3n) is 3.67. The second kappa shape index (κ2) is 8.06. The molecule has 0 aromatic rings. The first-order valence-corrected chi connectivity index (χ1v) is 7.22. The van der Waals surface area contributed by atoms with Crippen molar-refractivity contribution in [2.45, 2.75) is 57.9 Å². The summed E-state index contributed by atoms with van der Waals surface area (Å²) in [7, 11) is 0. The highest BCUT2D eigenvalue weighted by Crippen LogP contribution is 2.39. The summed E-state index contributed by atoms with van der Waals surface area (Å²) in [5.41, 5.74) is -0.167. The molecule has 102 valence electrons. The van der Waals surface area contributed by atoms with Crippen LogP contribution in [0.1, 0.15) is 52.4 Å². The van der Waals surface area contributed by atoms with Gasteiger partial charge >= 0.3 is 0 Å². The van der Waals surface area contributed by atoms with Crippen molar-refractivity contribution in [1.29, 1.82) is 0 Å². The maximum Gasteiger partial charge on any atom is 0.0679 e. The fraction of sp³-hybridized carbons (Fsp3) is 1.00. The minimum absolute atomic E-state index is 0.167. The standard InChI is InChI=1S/C14H29NO2/c1-3-5-6-7-10-17-12-14(11-16,15-4-2)13-8-9-13/h13,15-16H,3-12H2,1-2H3. The Bertz CT molecular complexity index is 195. The van der Waals surface area contributed by atoms with Gasteiger partial charge in [-0.2, -0.15) is 0 Å². The van der Waals surface area contributed by atoms with E-state index in [1.807, 2.05) is 0 Å². The van der Waals surface area contributed by atoms with E-state index < -0.39 is 0 Å². The molecule has 1 saturated carbocycles.